The highest BCUT2D eigenvalue weighted by molar-refractivity contribution is 8.00. The lowest BCUT2D eigenvalue weighted by Crippen LogP contribution is -2.22. The number of carbonyl (C=O) groups is 1. The van der Waals surface area contributed by atoms with E-state index in [1.807, 2.05) is 19.1 Å². The van der Waals surface area contributed by atoms with E-state index in [0.717, 1.165) is 5.69 Å². The number of hydrogen-bond donors (Lipinski definition) is 1. The van der Waals surface area contributed by atoms with Crippen molar-refractivity contribution in [1.82, 2.24) is 20.2 Å². The van der Waals surface area contributed by atoms with Gasteiger partial charge in [-0.3, -0.25) is 4.79 Å². The first-order chi connectivity index (χ1) is 14.0. The van der Waals surface area contributed by atoms with Crippen molar-refractivity contribution in [2.45, 2.75) is 37.1 Å². The van der Waals surface area contributed by atoms with Crippen LogP contribution in [0.2, 0.25) is 0 Å². The zero-order valence-corrected chi connectivity index (χ0v) is 17.1. The Hall–Kier alpha value is -3.07. The molecule has 0 aliphatic carbocycles. The molecule has 29 heavy (non-hydrogen) atoms. The van der Waals surface area contributed by atoms with Crippen LogP contribution in [0.1, 0.15) is 32.3 Å². The molecule has 0 fully saturated rings. The van der Waals surface area contributed by atoms with Crippen molar-refractivity contribution in [3.8, 4) is 17.2 Å². The highest BCUT2D eigenvalue weighted by Gasteiger charge is 2.21. The van der Waals surface area contributed by atoms with Gasteiger partial charge in [0.25, 0.3) is 0 Å². The number of nitrogens with zero attached hydrogens (tertiary/aromatic N) is 4. The maximum Gasteiger partial charge on any atom is 0.237 e. The largest absolute Gasteiger partial charge is 0.454 e. The second kappa shape index (κ2) is 8.12. The van der Waals surface area contributed by atoms with Gasteiger partial charge in [-0.05, 0) is 53.1 Å². The predicted molar refractivity (Wildman–Crippen MR) is 110 cm³/mol. The number of hydrogen-bond acceptors (Lipinski definition) is 7. The summed E-state index contributed by atoms with van der Waals surface area (Å²) in [6.45, 7) is 6.30. The van der Waals surface area contributed by atoms with Gasteiger partial charge in [-0.15, -0.1) is 5.10 Å². The van der Waals surface area contributed by atoms with Gasteiger partial charge < -0.3 is 14.8 Å². The molecule has 1 aromatic heterocycles. The van der Waals surface area contributed by atoms with Crippen LogP contribution in [0.15, 0.2) is 47.6 Å². The van der Waals surface area contributed by atoms with Crippen molar-refractivity contribution >= 4 is 23.4 Å². The fraction of sp³-hybridized carbons (Fsp3) is 0.300. The first-order valence-corrected chi connectivity index (χ1v) is 10.1. The van der Waals surface area contributed by atoms with E-state index in [1.165, 1.54) is 17.3 Å². The van der Waals surface area contributed by atoms with Crippen LogP contribution < -0.4 is 14.8 Å². The van der Waals surface area contributed by atoms with E-state index < -0.39 is 5.25 Å². The number of anilines is 1. The minimum absolute atomic E-state index is 0.154. The van der Waals surface area contributed by atoms with Crippen LogP contribution in [-0.4, -0.2) is 38.2 Å². The summed E-state index contributed by atoms with van der Waals surface area (Å²) in [6.07, 6.45) is 0. The molecule has 0 saturated carbocycles. The summed E-state index contributed by atoms with van der Waals surface area (Å²) in [5.74, 6) is 1.59. The fourth-order valence-electron chi connectivity index (χ4n) is 2.84. The van der Waals surface area contributed by atoms with Crippen molar-refractivity contribution in [3.05, 3.63) is 48.0 Å². The molecule has 1 aliphatic heterocycles. The van der Waals surface area contributed by atoms with E-state index in [0.29, 0.717) is 28.3 Å². The van der Waals surface area contributed by atoms with Gasteiger partial charge in [0, 0.05) is 11.8 Å². The third-order valence-corrected chi connectivity index (χ3v) is 5.57. The molecule has 9 heteroatoms. The molecular formula is C20H21N5O3S. The predicted octanol–water partition coefficient (Wildman–Crippen LogP) is 3.63. The number of fused-ring (bicyclic) bond motifs is 1. The van der Waals surface area contributed by atoms with Gasteiger partial charge in [-0.2, -0.15) is 4.68 Å². The molecule has 8 nitrogen and oxygen atoms in total. The zero-order valence-electron chi connectivity index (χ0n) is 16.3. The Balaban J connectivity index is 1.44. The Morgan fingerprint density at radius 2 is 1.86 bits per heavy atom. The molecule has 0 saturated heterocycles. The Kier molecular flexibility index (Phi) is 5.39. The normalized spacial score (nSPS) is 13.5. The smallest absolute Gasteiger partial charge is 0.237 e. The van der Waals surface area contributed by atoms with E-state index in [-0.39, 0.29) is 12.7 Å². The average molecular weight is 411 g/mol. The SMILES string of the molecule is CC(C)c1ccc(-n2nnnc2S[C@@H](C)C(=O)Nc2ccc3c(c2)OCO3)cc1. The molecule has 0 spiro atoms. The van der Waals surface area contributed by atoms with Crippen molar-refractivity contribution in [2.24, 2.45) is 0 Å². The van der Waals surface area contributed by atoms with Gasteiger partial charge >= 0.3 is 0 Å². The van der Waals surface area contributed by atoms with Crippen LogP contribution in [-0.2, 0) is 4.79 Å². The third-order valence-electron chi connectivity index (χ3n) is 4.54. The van der Waals surface area contributed by atoms with Gasteiger partial charge in [-0.1, -0.05) is 37.7 Å². The van der Waals surface area contributed by atoms with E-state index in [9.17, 15) is 4.79 Å². The minimum atomic E-state index is -0.403. The number of thioether (sulfide) groups is 1. The number of tetrazole rings is 1. The number of rotatable bonds is 6. The minimum Gasteiger partial charge on any atom is -0.454 e. The third kappa shape index (κ3) is 4.19. The fourth-order valence-corrected chi connectivity index (χ4v) is 3.65. The molecule has 2 aromatic carbocycles. The highest BCUT2D eigenvalue weighted by atomic mass is 32.2. The van der Waals surface area contributed by atoms with E-state index in [2.05, 4.69) is 46.8 Å². The monoisotopic (exact) mass is 411 g/mol. The average Bonchev–Trinajstić information content (AvgIpc) is 3.36. The summed E-state index contributed by atoms with van der Waals surface area (Å²) in [5.41, 5.74) is 2.74. The maximum absolute atomic E-state index is 12.6. The summed E-state index contributed by atoms with van der Waals surface area (Å²) in [4.78, 5) is 12.6. The molecule has 0 radical (unpaired) electrons. The van der Waals surface area contributed by atoms with Gasteiger partial charge in [0.05, 0.1) is 10.9 Å². The van der Waals surface area contributed by atoms with Crippen LogP contribution in [0.25, 0.3) is 5.69 Å². The molecule has 1 aliphatic rings. The summed E-state index contributed by atoms with van der Waals surface area (Å²) >= 11 is 1.29. The molecule has 150 valence electrons. The van der Waals surface area contributed by atoms with Gasteiger partial charge in [0.15, 0.2) is 11.5 Å². The maximum atomic E-state index is 12.6. The first kappa shape index (κ1) is 19.3. The topological polar surface area (TPSA) is 91.2 Å². The van der Waals surface area contributed by atoms with Gasteiger partial charge in [0.1, 0.15) is 0 Å². The number of aromatic nitrogens is 4. The van der Waals surface area contributed by atoms with E-state index in [4.69, 9.17) is 9.47 Å². The zero-order chi connectivity index (χ0) is 20.4. The highest BCUT2D eigenvalue weighted by Crippen LogP contribution is 2.34. The molecule has 1 atom stereocenters. The van der Waals surface area contributed by atoms with Gasteiger partial charge in [-0.25, -0.2) is 0 Å². The molecular weight excluding hydrogens is 390 g/mol. The summed E-state index contributed by atoms with van der Waals surface area (Å²) in [5, 5.41) is 15.0. The van der Waals surface area contributed by atoms with E-state index in [1.54, 1.807) is 22.9 Å². The molecule has 2 heterocycles. The van der Waals surface area contributed by atoms with E-state index >= 15 is 0 Å². The lowest BCUT2D eigenvalue weighted by Gasteiger charge is -2.12. The molecule has 1 amide bonds. The Bertz CT molecular complexity index is 1020. The molecule has 4 rings (SSSR count). The second-order valence-electron chi connectivity index (χ2n) is 6.94. The number of carbonyl (C=O) groups excluding carboxylic acids is 1. The number of nitrogens with one attached hydrogen (secondary N) is 1. The summed E-state index contributed by atoms with van der Waals surface area (Å²) < 4.78 is 12.3. The second-order valence-corrected chi connectivity index (χ2v) is 8.24. The van der Waals surface area contributed by atoms with Crippen molar-refractivity contribution < 1.29 is 14.3 Å². The van der Waals surface area contributed by atoms with Crippen LogP contribution in [0.5, 0.6) is 11.5 Å². The van der Waals surface area contributed by atoms with Gasteiger partial charge in [0.2, 0.25) is 17.9 Å². The Labute approximate surface area is 172 Å². The van der Waals surface area contributed by atoms with Crippen LogP contribution in [0, 0.1) is 0 Å². The lowest BCUT2D eigenvalue weighted by atomic mass is 10.0. The van der Waals surface area contributed by atoms with Crippen LogP contribution in [0.3, 0.4) is 0 Å². The molecule has 0 bridgehead atoms. The number of benzene rings is 2. The molecule has 3 aromatic rings. The first-order valence-electron chi connectivity index (χ1n) is 9.27. The lowest BCUT2D eigenvalue weighted by molar-refractivity contribution is -0.115. The number of amides is 1. The number of ether oxygens (including phenoxy) is 2. The van der Waals surface area contributed by atoms with Crippen molar-refractivity contribution in [1.29, 1.82) is 0 Å². The standard InChI is InChI=1S/C20H21N5O3S/c1-12(2)14-4-7-16(8-5-14)25-20(22-23-24-25)29-13(3)19(26)21-15-6-9-17-18(10-15)28-11-27-17/h4-10,12-13H,11H2,1-3H3,(H,21,26)/t13-/m0/s1. The summed E-state index contributed by atoms with van der Waals surface area (Å²) in [6, 6.07) is 13.4. The Morgan fingerprint density at radius 3 is 2.62 bits per heavy atom. The summed E-state index contributed by atoms with van der Waals surface area (Å²) in [7, 11) is 0. The Morgan fingerprint density at radius 1 is 1.10 bits per heavy atom. The van der Waals surface area contributed by atoms with Crippen LogP contribution >= 0.6 is 11.8 Å². The van der Waals surface area contributed by atoms with Crippen molar-refractivity contribution in [3.63, 3.8) is 0 Å². The quantitative estimate of drug-likeness (QED) is 0.619. The molecule has 0 unspecified atom stereocenters. The van der Waals surface area contributed by atoms with Crippen molar-refractivity contribution in [2.75, 3.05) is 12.1 Å². The molecule has 1 N–H and O–H groups in total. The van der Waals surface area contributed by atoms with Crippen LogP contribution in [0.4, 0.5) is 5.69 Å².